The Balaban J connectivity index is 2.08. The molecule has 0 bridgehead atoms. The number of hydrogen-bond donors (Lipinski definition) is 2. The van der Waals surface area contributed by atoms with Crippen molar-refractivity contribution in [1.82, 2.24) is 0 Å². The molecule has 4 nitrogen and oxygen atoms in total. The summed E-state index contributed by atoms with van der Waals surface area (Å²) in [5.41, 5.74) is 8.05. The van der Waals surface area contributed by atoms with Crippen LogP contribution in [0.25, 0.3) is 0 Å². The highest BCUT2D eigenvalue weighted by atomic mass is 16.5. The van der Waals surface area contributed by atoms with Crippen LogP contribution in [0.4, 0.5) is 11.4 Å². The molecule has 2 aromatic carbocycles. The summed E-state index contributed by atoms with van der Waals surface area (Å²) in [5.74, 6) is 0.513. The number of benzene rings is 2. The molecule has 0 aliphatic carbocycles. The van der Waals surface area contributed by atoms with Gasteiger partial charge >= 0.3 is 0 Å². The van der Waals surface area contributed by atoms with Gasteiger partial charge in [0.1, 0.15) is 5.75 Å². The number of nitrogens with two attached hydrogens (primary N) is 1. The molecule has 0 saturated heterocycles. The van der Waals surface area contributed by atoms with Gasteiger partial charge in [-0.15, -0.1) is 0 Å². The average molecular weight is 284 g/mol. The van der Waals surface area contributed by atoms with Gasteiger partial charge in [-0.1, -0.05) is 31.2 Å². The third-order valence-corrected chi connectivity index (χ3v) is 3.20. The van der Waals surface area contributed by atoms with Crippen LogP contribution in [0.2, 0.25) is 0 Å². The summed E-state index contributed by atoms with van der Waals surface area (Å²) in [7, 11) is 0. The number of para-hydroxylation sites is 1. The Morgan fingerprint density at radius 1 is 1.24 bits per heavy atom. The predicted molar refractivity (Wildman–Crippen MR) is 85.4 cm³/mol. The monoisotopic (exact) mass is 284 g/mol. The van der Waals surface area contributed by atoms with Crippen molar-refractivity contribution in [2.45, 2.75) is 26.4 Å². The molecule has 0 heterocycles. The summed E-state index contributed by atoms with van der Waals surface area (Å²) in [4.78, 5) is 12.3. The molecule has 0 aliphatic rings. The highest BCUT2D eigenvalue weighted by molar-refractivity contribution is 5.95. The van der Waals surface area contributed by atoms with Crippen molar-refractivity contribution in [3.63, 3.8) is 0 Å². The third kappa shape index (κ3) is 3.99. The van der Waals surface area contributed by atoms with Crippen LogP contribution in [-0.2, 0) is 4.79 Å². The standard InChI is InChI=1S/C17H20N2O2/c1-3-16(21-14-7-5-4-6-8-14)17(20)19-15-11-13(18)10-9-12(15)2/h4-11,16H,3,18H2,1-2H3,(H,19,20)/t16-/m0/s1. The molecule has 0 fully saturated rings. The topological polar surface area (TPSA) is 64.3 Å². The first kappa shape index (κ1) is 14.9. The van der Waals surface area contributed by atoms with Crippen molar-refractivity contribution >= 4 is 17.3 Å². The molecule has 1 atom stereocenters. The lowest BCUT2D eigenvalue weighted by Gasteiger charge is -2.18. The smallest absolute Gasteiger partial charge is 0.265 e. The van der Waals surface area contributed by atoms with Gasteiger partial charge in [-0.05, 0) is 43.2 Å². The van der Waals surface area contributed by atoms with Crippen molar-refractivity contribution in [3.8, 4) is 5.75 Å². The number of amides is 1. The Labute approximate surface area is 124 Å². The lowest BCUT2D eigenvalue weighted by Crippen LogP contribution is -2.32. The number of carbonyl (C=O) groups is 1. The Kier molecular flexibility index (Phi) is 4.82. The minimum atomic E-state index is -0.534. The normalized spacial score (nSPS) is 11.7. The Hall–Kier alpha value is -2.49. The summed E-state index contributed by atoms with van der Waals surface area (Å²) < 4.78 is 5.72. The van der Waals surface area contributed by atoms with E-state index in [1.54, 1.807) is 6.07 Å². The van der Waals surface area contributed by atoms with Crippen LogP contribution in [0, 0.1) is 6.92 Å². The van der Waals surface area contributed by atoms with Gasteiger partial charge in [0, 0.05) is 11.4 Å². The first-order valence-electron chi connectivity index (χ1n) is 6.99. The molecular formula is C17H20N2O2. The molecule has 4 heteroatoms. The minimum Gasteiger partial charge on any atom is -0.481 e. The zero-order valence-corrected chi connectivity index (χ0v) is 12.3. The SMILES string of the molecule is CC[C@H](Oc1ccccc1)C(=O)Nc1cc(N)ccc1C. The highest BCUT2D eigenvalue weighted by Crippen LogP contribution is 2.19. The highest BCUT2D eigenvalue weighted by Gasteiger charge is 2.19. The van der Waals surface area contributed by atoms with Gasteiger partial charge in [0.15, 0.2) is 6.10 Å². The van der Waals surface area contributed by atoms with Crippen molar-refractivity contribution < 1.29 is 9.53 Å². The van der Waals surface area contributed by atoms with Crippen LogP contribution < -0.4 is 15.8 Å². The summed E-state index contributed by atoms with van der Waals surface area (Å²) in [6.07, 6.45) is 0.0514. The lowest BCUT2D eigenvalue weighted by atomic mass is 10.1. The fraction of sp³-hybridized carbons (Fsp3) is 0.235. The number of carbonyl (C=O) groups excluding carboxylic acids is 1. The quantitative estimate of drug-likeness (QED) is 0.827. The fourth-order valence-electron chi connectivity index (χ4n) is 1.97. The Morgan fingerprint density at radius 2 is 1.95 bits per heavy atom. The maximum absolute atomic E-state index is 12.3. The van der Waals surface area contributed by atoms with Crippen molar-refractivity contribution in [2.75, 3.05) is 11.1 Å². The average Bonchev–Trinajstić information content (AvgIpc) is 2.49. The second-order valence-electron chi connectivity index (χ2n) is 4.89. The number of rotatable bonds is 5. The van der Waals surface area contributed by atoms with E-state index in [0.717, 1.165) is 11.3 Å². The molecule has 21 heavy (non-hydrogen) atoms. The maximum atomic E-state index is 12.3. The molecule has 2 aromatic rings. The number of anilines is 2. The predicted octanol–water partition coefficient (Wildman–Crippen LogP) is 3.37. The molecule has 0 radical (unpaired) electrons. The number of nitrogen functional groups attached to an aromatic ring is 1. The first-order valence-corrected chi connectivity index (χ1v) is 6.99. The van der Waals surface area contributed by atoms with Crippen LogP contribution in [0.5, 0.6) is 5.75 Å². The molecule has 0 spiro atoms. The van der Waals surface area contributed by atoms with Gasteiger partial charge < -0.3 is 15.8 Å². The summed E-state index contributed by atoms with van der Waals surface area (Å²) in [6.45, 7) is 3.84. The third-order valence-electron chi connectivity index (χ3n) is 3.20. The molecule has 1 amide bonds. The second kappa shape index (κ2) is 6.79. The van der Waals surface area contributed by atoms with Gasteiger partial charge in [0.25, 0.3) is 5.91 Å². The molecule has 0 saturated carbocycles. The van der Waals surface area contributed by atoms with E-state index in [4.69, 9.17) is 10.5 Å². The van der Waals surface area contributed by atoms with Crippen molar-refractivity contribution in [2.24, 2.45) is 0 Å². The van der Waals surface area contributed by atoms with Crippen LogP contribution in [0.3, 0.4) is 0 Å². The van der Waals surface area contributed by atoms with E-state index in [1.165, 1.54) is 0 Å². The van der Waals surface area contributed by atoms with E-state index in [1.807, 2.05) is 56.3 Å². The summed E-state index contributed by atoms with van der Waals surface area (Å²) in [5, 5.41) is 2.88. The van der Waals surface area contributed by atoms with Gasteiger partial charge in [-0.2, -0.15) is 0 Å². The van der Waals surface area contributed by atoms with Crippen molar-refractivity contribution in [1.29, 1.82) is 0 Å². The molecule has 110 valence electrons. The van der Waals surface area contributed by atoms with Gasteiger partial charge in [0.2, 0.25) is 0 Å². The largest absolute Gasteiger partial charge is 0.481 e. The summed E-state index contributed by atoms with van der Waals surface area (Å²) in [6, 6.07) is 14.8. The minimum absolute atomic E-state index is 0.171. The van der Waals surface area contributed by atoms with Gasteiger partial charge in [-0.25, -0.2) is 0 Å². The zero-order valence-electron chi connectivity index (χ0n) is 12.3. The van der Waals surface area contributed by atoms with Crippen molar-refractivity contribution in [3.05, 3.63) is 54.1 Å². The van der Waals surface area contributed by atoms with Crippen LogP contribution >= 0.6 is 0 Å². The molecule has 2 rings (SSSR count). The fourth-order valence-corrected chi connectivity index (χ4v) is 1.97. The molecular weight excluding hydrogens is 264 g/mol. The molecule has 0 aromatic heterocycles. The Bertz CT molecular complexity index is 611. The van der Waals surface area contributed by atoms with Gasteiger partial charge in [-0.3, -0.25) is 4.79 Å². The van der Waals surface area contributed by atoms with E-state index >= 15 is 0 Å². The number of ether oxygens (including phenoxy) is 1. The first-order chi connectivity index (χ1) is 10.1. The Morgan fingerprint density at radius 3 is 2.62 bits per heavy atom. The number of nitrogens with one attached hydrogen (secondary N) is 1. The van der Waals surface area contributed by atoms with Crippen LogP contribution in [-0.4, -0.2) is 12.0 Å². The summed E-state index contributed by atoms with van der Waals surface area (Å²) >= 11 is 0. The lowest BCUT2D eigenvalue weighted by molar-refractivity contribution is -0.122. The maximum Gasteiger partial charge on any atom is 0.265 e. The molecule has 0 unspecified atom stereocenters. The van der Waals surface area contributed by atoms with Crippen LogP contribution in [0.1, 0.15) is 18.9 Å². The van der Waals surface area contributed by atoms with E-state index in [2.05, 4.69) is 5.32 Å². The van der Waals surface area contributed by atoms with Crippen LogP contribution in [0.15, 0.2) is 48.5 Å². The number of hydrogen-bond acceptors (Lipinski definition) is 3. The second-order valence-corrected chi connectivity index (χ2v) is 4.89. The van der Waals surface area contributed by atoms with E-state index in [9.17, 15) is 4.79 Å². The van der Waals surface area contributed by atoms with E-state index < -0.39 is 6.10 Å². The van der Waals surface area contributed by atoms with Gasteiger partial charge in [0.05, 0.1) is 0 Å². The molecule has 3 N–H and O–H groups in total. The van der Waals surface area contributed by atoms with E-state index in [-0.39, 0.29) is 5.91 Å². The number of aryl methyl sites for hydroxylation is 1. The zero-order chi connectivity index (χ0) is 15.2. The van der Waals surface area contributed by atoms with E-state index in [0.29, 0.717) is 17.9 Å². The molecule has 0 aliphatic heterocycles.